The Hall–Kier alpha value is -2.76. The zero-order valence-electron chi connectivity index (χ0n) is 13.4. The lowest BCUT2D eigenvalue weighted by Gasteiger charge is -2.17. The van der Waals surface area contributed by atoms with E-state index in [2.05, 4.69) is 4.98 Å². The summed E-state index contributed by atoms with van der Waals surface area (Å²) in [6.45, 7) is 0.920. The number of amides is 1. The van der Waals surface area contributed by atoms with E-state index in [0.29, 0.717) is 24.5 Å². The fourth-order valence-electron chi connectivity index (χ4n) is 1.93. The normalized spacial score (nSPS) is 10.2. The van der Waals surface area contributed by atoms with Crippen LogP contribution in [0.2, 0.25) is 0 Å². The van der Waals surface area contributed by atoms with Gasteiger partial charge in [-0.25, -0.2) is 0 Å². The van der Waals surface area contributed by atoms with Crippen LogP contribution in [0.25, 0.3) is 0 Å². The van der Waals surface area contributed by atoms with Crippen LogP contribution in [0.5, 0.6) is 11.5 Å². The molecule has 2 aromatic rings. The van der Waals surface area contributed by atoms with E-state index in [1.165, 1.54) is 0 Å². The standard InChI is InChI=1S/C17H21N3O3/c1-20(17(21)11-14-4-3-13(18)12-19-14)9-10-23-16-7-5-15(22-2)6-8-16/h3-8,12H,9-11,18H2,1-2H3. The Bertz CT molecular complexity index is 627. The van der Waals surface area contributed by atoms with Crippen molar-refractivity contribution in [2.24, 2.45) is 0 Å². The molecule has 23 heavy (non-hydrogen) atoms. The zero-order valence-corrected chi connectivity index (χ0v) is 13.4. The third kappa shape index (κ3) is 5.18. The fourth-order valence-corrected chi connectivity index (χ4v) is 1.93. The van der Waals surface area contributed by atoms with Crippen LogP contribution in [-0.2, 0) is 11.2 Å². The van der Waals surface area contributed by atoms with Crippen LogP contribution in [0.4, 0.5) is 5.69 Å². The number of rotatable bonds is 7. The highest BCUT2D eigenvalue weighted by Crippen LogP contribution is 2.16. The molecular weight excluding hydrogens is 294 g/mol. The molecule has 0 aliphatic rings. The number of nitrogens with zero attached hydrogens (tertiary/aromatic N) is 2. The van der Waals surface area contributed by atoms with Gasteiger partial charge in [0.05, 0.1) is 32.0 Å². The van der Waals surface area contributed by atoms with Crippen LogP contribution in [-0.4, -0.2) is 43.1 Å². The van der Waals surface area contributed by atoms with Gasteiger partial charge in [-0.3, -0.25) is 9.78 Å². The van der Waals surface area contributed by atoms with Crippen molar-refractivity contribution in [1.29, 1.82) is 0 Å². The maximum Gasteiger partial charge on any atom is 0.228 e. The van der Waals surface area contributed by atoms with Crippen molar-refractivity contribution in [3.8, 4) is 11.5 Å². The minimum absolute atomic E-state index is 0.0133. The van der Waals surface area contributed by atoms with E-state index in [1.807, 2.05) is 24.3 Å². The Morgan fingerprint density at radius 1 is 1.17 bits per heavy atom. The number of nitrogen functional groups attached to an aromatic ring is 1. The van der Waals surface area contributed by atoms with E-state index in [9.17, 15) is 4.79 Å². The molecule has 1 aromatic carbocycles. The Kier molecular flexibility index (Phi) is 5.80. The van der Waals surface area contributed by atoms with Gasteiger partial charge >= 0.3 is 0 Å². The van der Waals surface area contributed by atoms with Gasteiger partial charge in [-0.05, 0) is 36.4 Å². The van der Waals surface area contributed by atoms with E-state index in [1.54, 1.807) is 37.4 Å². The summed E-state index contributed by atoms with van der Waals surface area (Å²) in [7, 11) is 3.36. The summed E-state index contributed by atoms with van der Waals surface area (Å²) in [6, 6.07) is 10.8. The number of methoxy groups -OCH3 is 1. The number of hydrogen-bond donors (Lipinski definition) is 1. The number of benzene rings is 1. The predicted molar refractivity (Wildman–Crippen MR) is 88.5 cm³/mol. The van der Waals surface area contributed by atoms with Crippen molar-refractivity contribution in [1.82, 2.24) is 9.88 Å². The molecule has 6 heteroatoms. The molecule has 0 aliphatic heterocycles. The average Bonchev–Trinajstić information content (AvgIpc) is 2.57. The van der Waals surface area contributed by atoms with Gasteiger partial charge < -0.3 is 20.1 Å². The topological polar surface area (TPSA) is 77.7 Å². The van der Waals surface area contributed by atoms with Crippen LogP contribution in [0.3, 0.4) is 0 Å². The lowest BCUT2D eigenvalue weighted by Crippen LogP contribution is -2.32. The number of aromatic nitrogens is 1. The lowest BCUT2D eigenvalue weighted by molar-refractivity contribution is -0.129. The van der Waals surface area contributed by atoms with Crippen molar-refractivity contribution < 1.29 is 14.3 Å². The van der Waals surface area contributed by atoms with Gasteiger partial charge in [0.15, 0.2) is 0 Å². The Morgan fingerprint density at radius 3 is 2.48 bits per heavy atom. The molecule has 1 aromatic heterocycles. The van der Waals surface area contributed by atoms with Crippen LogP contribution >= 0.6 is 0 Å². The van der Waals surface area contributed by atoms with E-state index >= 15 is 0 Å². The number of anilines is 1. The molecule has 1 amide bonds. The second-order valence-corrected chi connectivity index (χ2v) is 5.10. The van der Waals surface area contributed by atoms with Crippen molar-refractivity contribution in [2.45, 2.75) is 6.42 Å². The molecule has 0 aliphatic carbocycles. The van der Waals surface area contributed by atoms with Crippen molar-refractivity contribution >= 4 is 11.6 Å². The van der Waals surface area contributed by atoms with Gasteiger partial charge in [-0.2, -0.15) is 0 Å². The fraction of sp³-hybridized carbons (Fsp3) is 0.294. The average molecular weight is 315 g/mol. The summed E-state index contributed by atoms with van der Waals surface area (Å²) in [6.07, 6.45) is 1.80. The summed E-state index contributed by atoms with van der Waals surface area (Å²) in [5.41, 5.74) is 6.86. The first kappa shape index (κ1) is 16.6. The Labute approximate surface area is 135 Å². The molecule has 0 spiro atoms. The number of carbonyl (C=O) groups is 1. The minimum atomic E-state index is -0.0133. The highest BCUT2D eigenvalue weighted by molar-refractivity contribution is 5.78. The van der Waals surface area contributed by atoms with Gasteiger partial charge in [0, 0.05) is 12.7 Å². The summed E-state index contributed by atoms with van der Waals surface area (Å²) < 4.78 is 10.7. The highest BCUT2D eigenvalue weighted by atomic mass is 16.5. The van der Waals surface area contributed by atoms with E-state index in [0.717, 1.165) is 11.5 Å². The molecule has 1 heterocycles. The first-order valence-electron chi connectivity index (χ1n) is 7.29. The molecule has 122 valence electrons. The molecule has 6 nitrogen and oxygen atoms in total. The third-order valence-corrected chi connectivity index (χ3v) is 3.36. The highest BCUT2D eigenvalue weighted by Gasteiger charge is 2.10. The maximum atomic E-state index is 12.1. The van der Waals surface area contributed by atoms with Crippen LogP contribution < -0.4 is 15.2 Å². The monoisotopic (exact) mass is 315 g/mol. The van der Waals surface area contributed by atoms with Crippen molar-refractivity contribution in [3.63, 3.8) is 0 Å². The zero-order chi connectivity index (χ0) is 16.7. The van der Waals surface area contributed by atoms with Gasteiger partial charge in [0.25, 0.3) is 0 Å². The molecule has 2 rings (SSSR count). The molecular formula is C17H21N3O3. The molecule has 2 N–H and O–H groups in total. The summed E-state index contributed by atoms with van der Waals surface area (Å²) in [5.74, 6) is 1.51. The third-order valence-electron chi connectivity index (χ3n) is 3.36. The molecule has 0 saturated heterocycles. The largest absolute Gasteiger partial charge is 0.497 e. The Morgan fingerprint density at radius 2 is 1.87 bits per heavy atom. The predicted octanol–water partition coefficient (Wildman–Crippen LogP) is 1.75. The van der Waals surface area contributed by atoms with E-state index < -0.39 is 0 Å². The van der Waals surface area contributed by atoms with E-state index in [-0.39, 0.29) is 12.3 Å². The molecule has 0 atom stereocenters. The number of likely N-dealkylation sites (N-methyl/N-ethyl adjacent to an activating group) is 1. The second-order valence-electron chi connectivity index (χ2n) is 5.10. The number of pyridine rings is 1. The van der Waals surface area contributed by atoms with Gasteiger partial charge in [-0.1, -0.05) is 0 Å². The first-order chi connectivity index (χ1) is 11.1. The summed E-state index contributed by atoms with van der Waals surface area (Å²) in [5, 5.41) is 0. The number of nitrogens with two attached hydrogens (primary N) is 1. The van der Waals surface area contributed by atoms with Crippen LogP contribution in [0.15, 0.2) is 42.6 Å². The molecule has 0 unspecified atom stereocenters. The summed E-state index contributed by atoms with van der Waals surface area (Å²) >= 11 is 0. The molecule has 0 saturated carbocycles. The number of ether oxygens (including phenoxy) is 2. The van der Waals surface area contributed by atoms with Crippen molar-refractivity contribution in [2.75, 3.05) is 33.0 Å². The molecule has 0 fully saturated rings. The quantitative estimate of drug-likeness (QED) is 0.842. The number of carbonyl (C=O) groups excluding carboxylic acids is 1. The molecule has 0 bridgehead atoms. The lowest BCUT2D eigenvalue weighted by atomic mass is 10.2. The van der Waals surface area contributed by atoms with Gasteiger partial charge in [0.2, 0.25) is 5.91 Å². The second kappa shape index (κ2) is 8.03. The van der Waals surface area contributed by atoms with Crippen LogP contribution in [0.1, 0.15) is 5.69 Å². The van der Waals surface area contributed by atoms with E-state index in [4.69, 9.17) is 15.2 Å². The first-order valence-corrected chi connectivity index (χ1v) is 7.29. The summed E-state index contributed by atoms with van der Waals surface area (Å²) in [4.78, 5) is 17.9. The SMILES string of the molecule is COc1ccc(OCCN(C)C(=O)Cc2ccc(N)cn2)cc1. The Balaban J connectivity index is 1.75. The smallest absolute Gasteiger partial charge is 0.228 e. The van der Waals surface area contributed by atoms with Gasteiger partial charge in [0.1, 0.15) is 18.1 Å². The number of hydrogen-bond acceptors (Lipinski definition) is 5. The van der Waals surface area contributed by atoms with Crippen molar-refractivity contribution in [3.05, 3.63) is 48.3 Å². The van der Waals surface area contributed by atoms with Gasteiger partial charge in [-0.15, -0.1) is 0 Å². The maximum absolute atomic E-state index is 12.1. The minimum Gasteiger partial charge on any atom is -0.497 e. The van der Waals surface area contributed by atoms with Crippen LogP contribution in [0, 0.1) is 0 Å². The molecule has 0 radical (unpaired) electrons.